The third-order valence-corrected chi connectivity index (χ3v) is 0.408. The minimum absolute atomic E-state index is 0.500. The van der Waals surface area contributed by atoms with Gasteiger partial charge in [0.25, 0.3) is 0 Å². The Labute approximate surface area is 44.5 Å². The SMILES string of the molecule is CCCOC.CF. The number of alkyl halides is 1. The van der Waals surface area contributed by atoms with Crippen LogP contribution in [0.4, 0.5) is 4.39 Å². The van der Waals surface area contributed by atoms with Gasteiger partial charge in [-0.25, -0.2) is 0 Å². The van der Waals surface area contributed by atoms with Crippen molar-refractivity contribution in [3.63, 3.8) is 0 Å². The molecule has 0 saturated heterocycles. The summed E-state index contributed by atoms with van der Waals surface area (Å²) in [4.78, 5) is 0. The quantitative estimate of drug-likeness (QED) is 0.522. The molecular formula is C5H13FO. The van der Waals surface area contributed by atoms with E-state index in [1.54, 1.807) is 7.11 Å². The Morgan fingerprint density at radius 2 is 1.86 bits per heavy atom. The van der Waals surface area contributed by atoms with Gasteiger partial charge in [-0.15, -0.1) is 0 Å². The average molecular weight is 108 g/mol. The predicted molar refractivity (Wildman–Crippen MR) is 29.2 cm³/mol. The Bertz CT molecular complexity index is 15.6. The highest BCUT2D eigenvalue weighted by Gasteiger charge is 1.66. The molecule has 0 saturated carbocycles. The smallest absolute Gasteiger partial charge is 0.0785 e. The topological polar surface area (TPSA) is 9.23 Å². The van der Waals surface area contributed by atoms with Crippen LogP contribution in [-0.2, 0) is 4.74 Å². The maximum Gasteiger partial charge on any atom is 0.0785 e. The van der Waals surface area contributed by atoms with Crippen LogP contribution in [0.1, 0.15) is 13.3 Å². The normalized spacial score (nSPS) is 6.86. The van der Waals surface area contributed by atoms with Gasteiger partial charge in [0.05, 0.1) is 7.18 Å². The molecule has 0 radical (unpaired) electrons. The second-order valence-electron chi connectivity index (χ2n) is 0.993. The molecule has 0 atom stereocenters. The van der Waals surface area contributed by atoms with Gasteiger partial charge in [-0.05, 0) is 6.42 Å². The van der Waals surface area contributed by atoms with Gasteiger partial charge in [-0.1, -0.05) is 6.92 Å². The van der Waals surface area contributed by atoms with Gasteiger partial charge in [-0.2, -0.15) is 0 Å². The summed E-state index contributed by atoms with van der Waals surface area (Å²) in [6.45, 7) is 2.98. The zero-order valence-corrected chi connectivity index (χ0v) is 5.20. The van der Waals surface area contributed by atoms with Crippen LogP contribution in [0, 0.1) is 0 Å². The molecule has 0 aromatic carbocycles. The zero-order valence-electron chi connectivity index (χ0n) is 5.20. The van der Waals surface area contributed by atoms with E-state index in [1.807, 2.05) is 0 Å². The first kappa shape index (κ1) is 10.00. The van der Waals surface area contributed by atoms with Gasteiger partial charge >= 0.3 is 0 Å². The molecule has 0 rings (SSSR count). The summed E-state index contributed by atoms with van der Waals surface area (Å²) in [6.07, 6.45) is 1.12. The van der Waals surface area contributed by atoms with E-state index < -0.39 is 0 Å². The van der Waals surface area contributed by atoms with Gasteiger partial charge in [-0.3, -0.25) is 4.39 Å². The Morgan fingerprint density at radius 1 is 1.43 bits per heavy atom. The first-order valence-corrected chi connectivity index (χ1v) is 2.28. The van der Waals surface area contributed by atoms with Crippen LogP contribution in [0.2, 0.25) is 0 Å². The third-order valence-electron chi connectivity index (χ3n) is 0.408. The fraction of sp³-hybridized carbons (Fsp3) is 1.00. The second kappa shape index (κ2) is 16.9. The van der Waals surface area contributed by atoms with Crippen molar-refractivity contribution in [1.82, 2.24) is 0 Å². The van der Waals surface area contributed by atoms with E-state index in [0.29, 0.717) is 7.18 Å². The number of halogens is 1. The monoisotopic (exact) mass is 108 g/mol. The van der Waals surface area contributed by atoms with E-state index in [2.05, 4.69) is 6.92 Å². The van der Waals surface area contributed by atoms with Crippen molar-refractivity contribution in [2.24, 2.45) is 0 Å². The second-order valence-corrected chi connectivity index (χ2v) is 0.993. The van der Waals surface area contributed by atoms with Crippen LogP contribution in [0.3, 0.4) is 0 Å². The van der Waals surface area contributed by atoms with E-state index in [4.69, 9.17) is 4.74 Å². The minimum Gasteiger partial charge on any atom is -0.385 e. The van der Waals surface area contributed by atoms with Crippen molar-refractivity contribution in [1.29, 1.82) is 0 Å². The molecule has 0 unspecified atom stereocenters. The van der Waals surface area contributed by atoms with Crippen LogP contribution in [0.5, 0.6) is 0 Å². The summed E-state index contributed by atoms with van der Waals surface area (Å²) >= 11 is 0. The maximum absolute atomic E-state index is 9.50. The van der Waals surface area contributed by atoms with Crippen molar-refractivity contribution >= 4 is 0 Å². The fourth-order valence-corrected chi connectivity index (χ4v) is 0.204. The van der Waals surface area contributed by atoms with Crippen molar-refractivity contribution in [3.8, 4) is 0 Å². The summed E-state index contributed by atoms with van der Waals surface area (Å²) < 4.78 is 14.2. The lowest BCUT2D eigenvalue weighted by Crippen LogP contribution is -1.80. The molecular weight excluding hydrogens is 95.1 g/mol. The molecule has 0 aromatic heterocycles. The van der Waals surface area contributed by atoms with Crippen molar-refractivity contribution in [2.45, 2.75) is 13.3 Å². The molecule has 2 heteroatoms. The Hall–Kier alpha value is -0.110. The molecule has 0 bridgehead atoms. The van der Waals surface area contributed by atoms with Gasteiger partial charge in [0, 0.05) is 13.7 Å². The molecule has 0 N–H and O–H groups in total. The molecule has 0 aliphatic carbocycles. The number of hydrogen-bond acceptors (Lipinski definition) is 1. The van der Waals surface area contributed by atoms with Crippen LogP contribution in [0.15, 0.2) is 0 Å². The Kier molecular flexibility index (Phi) is 24.1. The van der Waals surface area contributed by atoms with Crippen molar-refractivity contribution in [3.05, 3.63) is 0 Å². The number of hydrogen-bond donors (Lipinski definition) is 0. The zero-order chi connectivity index (χ0) is 6.12. The van der Waals surface area contributed by atoms with E-state index in [-0.39, 0.29) is 0 Å². The first-order valence-electron chi connectivity index (χ1n) is 2.28. The Balaban J connectivity index is 0. The molecule has 1 nitrogen and oxygen atoms in total. The van der Waals surface area contributed by atoms with Crippen LogP contribution in [-0.4, -0.2) is 20.9 Å². The van der Waals surface area contributed by atoms with Crippen molar-refractivity contribution < 1.29 is 9.13 Å². The lowest BCUT2D eigenvalue weighted by atomic mass is 10.5. The molecule has 0 fully saturated rings. The maximum atomic E-state index is 9.50. The largest absolute Gasteiger partial charge is 0.385 e. The highest BCUT2D eigenvalue weighted by Crippen LogP contribution is 1.70. The van der Waals surface area contributed by atoms with Gasteiger partial charge in [0.15, 0.2) is 0 Å². The van der Waals surface area contributed by atoms with Crippen LogP contribution in [0.25, 0.3) is 0 Å². The average Bonchev–Trinajstić information content (AvgIpc) is 1.75. The first-order chi connectivity index (χ1) is 3.41. The fourth-order valence-electron chi connectivity index (χ4n) is 0.204. The van der Waals surface area contributed by atoms with Gasteiger partial charge < -0.3 is 4.74 Å². The molecule has 0 aliphatic heterocycles. The molecule has 46 valence electrons. The molecule has 0 heterocycles. The molecule has 0 spiro atoms. The summed E-state index contributed by atoms with van der Waals surface area (Å²) in [5.74, 6) is 0. The Morgan fingerprint density at radius 3 is 1.86 bits per heavy atom. The number of methoxy groups -OCH3 is 1. The molecule has 0 amide bonds. The van der Waals surface area contributed by atoms with E-state index in [1.165, 1.54) is 0 Å². The standard InChI is InChI=1S/C4H10O.CH3F/c1-3-4-5-2;1-2/h3-4H2,1-2H3;1H3. The van der Waals surface area contributed by atoms with E-state index in [9.17, 15) is 4.39 Å². The number of ether oxygens (including phenoxy) is 1. The lowest BCUT2D eigenvalue weighted by Gasteiger charge is -1.84. The van der Waals surface area contributed by atoms with Gasteiger partial charge in [0.1, 0.15) is 0 Å². The molecule has 0 aromatic rings. The summed E-state index contributed by atoms with van der Waals surface area (Å²) in [6, 6.07) is 0. The summed E-state index contributed by atoms with van der Waals surface area (Å²) in [5.41, 5.74) is 0. The van der Waals surface area contributed by atoms with E-state index in [0.717, 1.165) is 13.0 Å². The van der Waals surface area contributed by atoms with Crippen LogP contribution >= 0.6 is 0 Å². The van der Waals surface area contributed by atoms with Gasteiger partial charge in [0.2, 0.25) is 0 Å². The highest BCUT2D eigenvalue weighted by molar-refractivity contribution is 4.15. The predicted octanol–water partition coefficient (Wildman–Crippen LogP) is 1.63. The molecule has 7 heavy (non-hydrogen) atoms. The molecule has 0 aliphatic rings. The third kappa shape index (κ3) is 25.0. The summed E-state index contributed by atoms with van der Waals surface area (Å²) in [5, 5.41) is 0. The lowest BCUT2D eigenvalue weighted by molar-refractivity contribution is 0.199. The minimum atomic E-state index is 0.500. The van der Waals surface area contributed by atoms with Crippen molar-refractivity contribution in [2.75, 3.05) is 20.9 Å². The number of rotatable bonds is 2. The van der Waals surface area contributed by atoms with E-state index >= 15 is 0 Å². The highest BCUT2D eigenvalue weighted by atomic mass is 19.1. The van der Waals surface area contributed by atoms with Crippen LogP contribution < -0.4 is 0 Å². The summed E-state index contributed by atoms with van der Waals surface area (Å²) in [7, 11) is 2.21.